The van der Waals surface area contributed by atoms with Crippen molar-refractivity contribution in [2.45, 2.75) is 45.3 Å². The summed E-state index contributed by atoms with van der Waals surface area (Å²) in [5, 5.41) is 6.60. The highest BCUT2D eigenvalue weighted by Crippen LogP contribution is 2.20. The fourth-order valence-corrected chi connectivity index (χ4v) is 2.79. The molecule has 0 aromatic heterocycles. The third-order valence-corrected chi connectivity index (χ3v) is 4.15. The molecule has 0 saturated carbocycles. The predicted molar refractivity (Wildman–Crippen MR) is 98.9 cm³/mol. The van der Waals surface area contributed by atoms with Crippen LogP contribution in [-0.4, -0.2) is 48.2 Å². The summed E-state index contributed by atoms with van der Waals surface area (Å²) in [6.45, 7) is 6.88. The van der Waals surface area contributed by atoms with Gasteiger partial charge in [0.25, 0.3) is 0 Å². The van der Waals surface area contributed by atoms with Crippen molar-refractivity contribution < 1.29 is 14.3 Å². The predicted octanol–water partition coefficient (Wildman–Crippen LogP) is 3.27. The normalized spacial score (nSPS) is 15.6. The molecule has 1 aliphatic heterocycles. The molecule has 1 saturated heterocycles. The van der Waals surface area contributed by atoms with Crippen molar-refractivity contribution in [1.29, 1.82) is 0 Å². The van der Waals surface area contributed by atoms with Gasteiger partial charge in [0.2, 0.25) is 5.91 Å². The zero-order valence-corrected chi connectivity index (χ0v) is 15.7. The van der Waals surface area contributed by atoms with Gasteiger partial charge in [-0.15, -0.1) is 0 Å². The maximum absolute atomic E-state index is 12.1. The van der Waals surface area contributed by atoms with E-state index in [1.807, 2.05) is 39.0 Å². The number of amides is 2. The number of carbonyl (C=O) groups excluding carboxylic acids is 2. The van der Waals surface area contributed by atoms with Gasteiger partial charge in [0, 0.05) is 19.1 Å². The number of anilines is 1. The molecule has 1 aliphatic rings. The average molecular weight is 368 g/mol. The molecule has 7 heteroatoms. The summed E-state index contributed by atoms with van der Waals surface area (Å²) in [7, 11) is 0. The van der Waals surface area contributed by atoms with Crippen LogP contribution in [0.1, 0.15) is 33.6 Å². The number of rotatable bonds is 4. The van der Waals surface area contributed by atoms with Crippen molar-refractivity contribution in [3.63, 3.8) is 0 Å². The minimum Gasteiger partial charge on any atom is -0.444 e. The molecule has 0 radical (unpaired) electrons. The topological polar surface area (TPSA) is 70.7 Å². The Labute approximate surface area is 153 Å². The first-order valence-electron chi connectivity index (χ1n) is 8.50. The van der Waals surface area contributed by atoms with Crippen LogP contribution in [0, 0.1) is 0 Å². The Morgan fingerprint density at radius 3 is 2.48 bits per heavy atom. The maximum atomic E-state index is 12.1. The number of nitrogens with zero attached hydrogens (tertiary/aromatic N) is 1. The number of halogens is 1. The average Bonchev–Trinajstić information content (AvgIpc) is 2.53. The lowest BCUT2D eigenvalue weighted by Crippen LogP contribution is -2.48. The number of likely N-dealkylation sites (tertiary alicyclic amines) is 1. The van der Waals surface area contributed by atoms with Crippen molar-refractivity contribution in [2.75, 3.05) is 25.0 Å². The van der Waals surface area contributed by atoms with E-state index in [1.54, 1.807) is 11.0 Å². The highest BCUT2D eigenvalue weighted by atomic mass is 35.5. The molecule has 138 valence electrons. The molecular weight excluding hydrogens is 342 g/mol. The minimum atomic E-state index is -0.494. The summed E-state index contributed by atoms with van der Waals surface area (Å²) in [5.74, 6) is -0.0874. The first kappa shape index (κ1) is 19.4. The highest BCUT2D eigenvalue weighted by molar-refractivity contribution is 6.33. The summed E-state index contributed by atoms with van der Waals surface area (Å²) in [6.07, 6.45) is 1.14. The molecule has 2 rings (SSSR count). The van der Waals surface area contributed by atoms with Gasteiger partial charge in [0.1, 0.15) is 5.60 Å². The van der Waals surface area contributed by atoms with Gasteiger partial charge in [-0.25, -0.2) is 4.79 Å². The van der Waals surface area contributed by atoms with Gasteiger partial charge in [0.05, 0.1) is 17.3 Å². The van der Waals surface area contributed by atoms with Crippen LogP contribution in [0.25, 0.3) is 0 Å². The molecule has 0 aliphatic carbocycles. The van der Waals surface area contributed by atoms with E-state index in [-0.39, 0.29) is 24.6 Å². The third-order valence-electron chi connectivity index (χ3n) is 3.83. The zero-order chi connectivity index (χ0) is 18.4. The van der Waals surface area contributed by atoms with Gasteiger partial charge in [-0.1, -0.05) is 23.7 Å². The smallest absolute Gasteiger partial charge is 0.410 e. The second-order valence-electron chi connectivity index (χ2n) is 7.14. The fraction of sp³-hybridized carbons (Fsp3) is 0.556. The minimum absolute atomic E-state index is 0.0687. The summed E-state index contributed by atoms with van der Waals surface area (Å²) >= 11 is 6.05. The summed E-state index contributed by atoms with van der Waals surface area (Å²) in [5.41, 5.74) is 0.242. The fourth-order valence-electron chi connectivity index (χ4n) is 2.59. The van der Waals surface area contributed by atoms with Crippen LogP contribution in [0.5, 0.6) is 0 Å². The Kier molecular flexibility index (Phi) is 6.53. The number of para-hydroxylation sites is 1. The highest BCUT2D eigenvalue weighted by Gasteiger charge is 2.27. The van der Waals surface area contributed by atoms with Crippen LogP contribution in [0.3, 0.4) is 0 Å². The molecule has 1 aromatic carbocycles. The van der Waals surface area contributed by atoms with Crippen molar-refractivity contribution in [3.05, 3.63) is 29.3 Å². The van der Waals surface area contributed by atoms with Gasteiger partial charge in [0.15, 0.2) is 0 Å². The number of benzene rings is 1. The molecule has 1 heterocycles. The van der Waals surface area contributed by atoms with Gasteiger partial charge in [-0.3, -0.25) is 4.79 Å². The van der Waals surface area contributed by atoms with E-state index in [1.165, 1.54) is 0 Å². The Hall–Kier alpha value is -1.95. The van der Waals surface area contributed by atoms with E-state index in [0.717, 1.165) is 18.5 Å². The van der Waals surface area contributed by atoms with Crippen molar-refractivity contribution in [2.24, 2.45) is 0 Å². The molecule has 0 spiro atoms. The number of hydrogen-bond donors (Lipinski definition) is 2. The molecule has 0 bridgehead atoms. The van der Waals surface area contributed by atoms with Crippen LogP contribution in [0.4, 0.5) is 10.5 Å². The summed E-state index contributed by atoms with van der Waals surface area (Å²) < 4.78 is 5.37. The van der Waals surface area contributed by atoms with Crippen LogP contribution >= 0.6 is 11.6 Å². The summed E-state index contributed by atoms with van der Waals surface area (Å²) in [4.78, 5) is 25.8. The summed E-state index contributed by atoms with van der Waals surface area (Å²) in [6, 6.07) is 7.37. The van der Waals surface area contributed by atoms with Crippen molar-refractivity contribution in [1.82, 2.24) is 10.2 Å². The second kappa shape index (κ2) is 8.43. The molecule has 0 unspecified atom stereocenters. The van der Waals surface area contributed by atoms with E-state index in [0.29, 0.717) is 18.1 Å². The van der Waals surface area contributed by atoms with Crippen LogP contribution < -0.4 is 10.6 Å². The van der Waals surface area contributed by atoms with Gasteiger partial charge < -0.3 is 20.3 Å². The van der Waals surface area contributed by atoms with Crippen molar-refractivity contribution >= 4 is 29.3 Å². The molecule has 2 N–H and O–H groups in total. The van der Waals surface area contributed by atoms with Crippen LogP contribution in [-0.2, 0) is 9.53 Å². The lowest BCUT2D eigenvalue weighted by atomic mass is 10.1. The number of carbonyl (C=O) groups is 2. The molecule has 2 amide bonds. The monoisotopic (exact) mass is 367 g/mol. The second-order valence-corrected chi connectivity index (χ2v) is 7.55. The number of nitrogens with one attached hydrogen (secondary N) is 2. The molecular formula is C18H26ClN3O3. The van der Waals surface area contributed by atoms with Gasteiger partial charge in [-0.2, -0.15) is 0 Å². The standard InChI is InChI=1S/C18H26ClN3O3/c1-18(2,3)25-17(24)22-10-8-13(9-11-22)21-16(23)12-20-15-7-5-4-6-14(15)19/h4-7,13,20H,8-12H2,1-3H3,(H,21,23). The van der Waals surface area contributed by atoms with Gasteiger partial charge in [-0.05, 0) is 45.7 Å². The van der Waals surface area contributed by atoms with E-state index in [4.69, 9.17) is 16.3 Å². The van der Waals surface area contributed by atoms with Crippen LogP contribution in [0.15, 0.2) is 24.3 Å². The number of hydrogen-bond acceptors (Lipinski definition) is 4. The maximum Gasteiger partial charge on any atom is 0.410 e. The molecule has 0 atom stereocenters. The van der Waals surface area contributed by atoms with Crippen LogP contribution in [0.2, 0.25) is 5.02 Å². The molecule has 1 fully saturated rings. The van der Waals surface area contributed by atoms with E-state index < -0.39 is 5.60 Å². The van der Waals surface area contributed by atoms with E-state index in [2.05, 4.69) is 10.6 Å². The molecule has 1 aromatic rings. The third kappa shape index (κ3) is 6.46. The van der Waals surface area contributed by atoms with Crippen molar-refractivity contribution in [3.8, 4) is 0 Å². The molecule has 25 heavy (non-hydrogen) atoms. The lowest BCUT2D eigenvalue weighted by molar-refractivity contribution is -0.120. The van der Waals surface area contributed by atoms with E-state index >= 15 is 0 Å². The largest absolute Gasteiger partial charge is 0.444 e. The first-order valence-corrected chi connectivity index (χ1v) is 8.88. The quantitative estimate of drug-likeness (QED) is 0.856. The van der Waals surface area contributed by atoms with E-state index in [9.17, 15) is 9.59 Å². The van der Waals surface area contributed by atoms with Gasteiger partial charge >= 0.3 is 6.09 Å². The first-order chi connectivity index (χ1) is 11.7. The number of ether oxygens (including phenoxy) is 1. The Morgan fingerprint density at radius 2 is 1.88 bits per heavy atom. The SMILES string of the molecule is CC(C)(C)OC(=O)N1CCC(NC(=O)CNc2ccccc2Cl)CC1. The molecule has 6 nitrogen and oxygen atoms in total. The Morgan fingerprint density at radius 1 is 1.24 bits per heavy atom. The Balaban J connectivity index is 1.72. The lowest BCUT2D eigenvalue weighted by Gasteiger charge is -2.33. The number of piperidine rings is 1. The zero-order valence-electron chi connectivity index (χ0n) is 15.0. The Bertz CT molecular complexity index is 608.